The van der Waals surface area contributed by atoms with E-state index in [1.807, 2.05) is 13.8 Å². The Morgan fingerprint density at radius 2 is 2.36 bits per heavy atom. The highest BCUT2D eigenvalue weighted by atomic mass is 16.6. The Labute approximate surface area is 67.9 Å². The van der Waals surface area contributed by atoms with Gasteiger partial charge in [-0.15, -0.1) is 0 Å². The summed E-state index contributed by atoms with van der Waals surface area (Å²) in [6, 6.07) is 0. The van der Waals surface area contributed by atoms with Crippen molar-refractivity contribution in [2.75, 3.05) is 19.8 Å². The number of rotatable bonds is 3. The normalized spacial score (nSPS) is 31.6. The molecule has 1 heterocycles. The van der Waals surface area contributed by atoms with Crippen molar-refractivity contribution < 1.29 is 9.47 Å². The molecule has 0 aromatic carbocycles. The average molecular weight is 159 g/mol. The fourth-order valence-electron chi connectivity index (χ4n) is 1.39. The van der Waals surface area contributed by atoms with Crippen LogP contribution < -0.4 is 5.73 Å². The lowest BCUT2D eigenvalue weighted by Gasteiger charge is -2.28. The second-order valence-electron chi connectivity index (χ2n) is 3.36. The van der Waals surface area contributed by atoms with Gasteiger partial charge in [-0.05, 0) is 13.8 Å². The molecular formula is C8H17NO2. The van der Waals surface area contributed by atoms with E-state index in [9.17, 15) is 0 Å². The lowest BCUT2D eigenvalue weighted by molar-refractivity contribution is -0.0754. The van der Waals surface area contributed by atoms with E-state index < -0.39 is 0 Å². The second kappa shape index (κ2) is 3.52. The minimum Gasteiger partial charge on any atom is -0.378 e. The lowest BCUT2D eigenvalue weighted by Crippen LogP contribution is -2.43. The summed E-state index contributed by atoms with van der Waals surface area (Å²) >= 11 is 0. The summed E-state index contributed by atoms with van der Waals surface area (Å²) in [5.41, 5.74) is 5.43. The van der Waals surface area contributed by atoms with E-state index in [2.05, 4.69) is 0 Å². The average Bonchev–Trinajstić information content (AvgIpc) is 2.36. The molecule has 0 aromatic rings. The van der Waals surface area contributed by atoms with Gasteiger partial charge in [0.2, 0.25) is 0 Å². The summed E-state index contributed by atoms with van der Waals surface area (Å²) in [7, 11) is 0. The summed E-state index contributed by atoms with van der Waals surface area (Å²) in [5, 5.41) is 0. The van der Waals surface area contributed by atoms with Crippen LogP contribution in [0.2, 0.25) is 0 Å². The van der Waals surface area contributed by atoms with Crippen LogP contribution in [-0.2, 0) is 9.47 Å². The van der Waals surface area contributed by atoms with Crippen LogP contribution >= 0.6 is 0 Å². The highest BCUT2D eigenvalue weighted by Gasteiger charge is 2.35. The van der Waals surface area contributed by atoms with Crippen molar-refractivity contribution in [2.45, 2.75) is 32.0 Å². The van der Waals surface area contributed by atoms with Crippen LogP contribution in [0.3, 0.4) is 0 Å². The quantitative estimate of drug-likeness (QED) is 0.653. The SMILES string of the molecule is CC(C)OC1(CN)CCOC1. The highest BCUT2D eigenvalue weighted by molar-refractivity contribution is 4.86. The molecule has 3 nitrogen and oxygen atoms in total. The van der Waals surface area contributed by atoms with Gasteiger partial charge in [-0.2, -0.15) is 0 Å². The fraction of sp³-hybridized carbons (Fsp3) is 1.00. The Morgan fingerprint density at radius 1 is 1.64 bits per heavy atom. The van der Waals surface area contributed by atoms with Crippen molar-refractivity contribution in [3.05, 3.63) is 0 Å². The standard InChI is InChI=1S/C8H17NO2/c1-7(2)11-8(5-9)3-4-10-6-8/h7H,3-6,9H2,1-2H3. The van der Waals surface area contributed by atoms with E-state index >= 15 is 0 Å². The molecule has 1 unspecified atom stereocenters. The van der Waals surface area contributed by atoms with Crippen molar-refractivity contribution in [2.24, 2.45) is 5.73 Å². The molecule has 0 bridgehead atoms. The van der Waals surface area contributed by atoms with Crippen LogP contribution in [0.25, 0.3) is 0 Å². The van der Waals surface area contributed by atoms with E-state index in [1.54, 1.807) is 0 Å². The minimum atomic E-state index is -0.186. The fourth-order valence-corrected chi connectivity index (χ4v) is 1.39. The van der Waals surface area contributed by atoms with Gasteiger partial charge in [0.15, 0.2) is 0 Å². The molecular weight excluding hydrogens is 142 g/mol. The molecule has 1 aliphatic heterocycles. The van der Waals surface area contributed by atoms with Gasteiger partial charge in [0, 0.05) is 19.6 Å². The van der Waals surface area contributed by atoms with Crippen molar-refractivity contribution in [3.8, 4) is 0 Å². The predicted molar refractivity (Wildman–Crippen MR) is 43.4 cm³/mol. The van der Waals surface area contributed by atoms with Gasteiger partial charge in [-0.25, -0.2) is 0 Å². The summed E-state index contributed by atoms with van der Waals surface area (Å²) in [5.74, 6) is 0. The molecule has 1 fully saturated rings. The first-order chi connectivity index (χ1) is 5.18. The second-order valence-corrected chi connectivity index (χ2v) is 3.36. The van der Waals surface area contributed by atoms with Crippen molar-refractivity contribution in [1.29, 1.82) is 0 Å². The van der Waals surface area contributed by atoms with Crippen molar-refractivity contribution in [1.82, 2.24) is 0 Å². The molecule has 0 aliphatic carbocycles. The van der Waals surface area contributed by atoms with Crippen molar-refractivity contribution >= 4 is 0 Å². The van der Waals surface area contributed by atoms with Crippen LogP contribution in [0.15, 0.2) is 0 Å². The zero-order valence-electron chi connectivity index (χ0n) is 7.30. The van der Waals surface area contributed by atoms with E-state index in [4.69, 9.17) is 15.2 Å². The van der Waals surface area contributed by atoms with E-state index in [-0.39, 0.29) is 11.7 Å². The monoisotopic (exact) mass is 159 g/mol. The molecule has 2 N–H and O–H groups in total. The smallest absolute Gasteiger partial charge is 0.106 e. The van der Waals surface area contributed by atoms with Gasteiger partial charge >= 0.3 is 0 Å². The van der Waals surface area contributed by atoms with Gasteiger partial charge in [0.25, 0.3) is 0 Å². The summed E-state index contributed by atoms with van der Waals surface area (Å²) in [4.78, 5) is 0. The summed E-state index contributed by atoms with van der Waals surface area (Å²) in [6.45, 7) is 6.04. The first-order valence-electron chi connectivity index (χ1n) is 4.14. The Hall–Kier alpha value is -0.120. The van der Waals surface area contributed by atoms with Crippen LogP contribution in [0.4, 0.5) is 0 Å². The van der Waals surface area contributed by atoms with Crippen LogP contribution in [0.5, 0.6) is 0 Å². The largest absolute Gasteiger partial charge is 0.378 e. The summed E-state index contributed by atoms with van der Waals surface area (Å²) in [6.07, 6.45) is 1.17. The maximum atomic E-state index is 5.70. The molecule has 0 spiro atoms. The maximum Gasteiger partial charge on any atom is 0.106 e. The molecule has 0 saturated carbocycles. The van der Waals surface area contributed by atoms with Crippen LogP contribution in [0, 0.1) is 0 Å². The molecule has 1 saturated heterocycles. The van der Waals surface area contributed by atoms with Crippen LogP contribution in [0.1, 0.15) is 20.3 Å². The van der Waals surface area contributed by atoms with Gasteiger partial charge in [0.05, 0.1) is 12.7 Å². The molecule has 11 heavy (non-hydrogen) atoms. The third kappa shape index (κ3) is 2.15. The van der Waals surface area contributed by atoms with E-state index in [0.29, 0.717) is 13.2 Å². The van der Waals surface area contributed by atoms with Gasteiger partial charge in [-0.1, -0.05) is 0 Å². The molecule has 1 rings (SSSR count). The van der Waals surface area contributed by atoms with E-state index in [0.717, 1.165) is 13.0 Å². The number of hydrogen-bond donors (Lipinski definition) is 1. The van der Waals surface area contributed by atoms with Crippen LogP contribution in [-0.4, -0.2) is 31.5 Å². The lowest BCUT2D eigenvalue weighted by atomic mass is 10.0. The Balaban J connectivity index is 2.45. The van der Waals surface area contributed by atoms with Crippen molar-refractivity contribution in [3.63, 3.8) is 0 Å². The number of nitrogens with two attached hydrogens (primary N) is 1. The topological polar surface area (TPSA) is 44.5 Å². The Kier molecular flexibility index (Phi) is 2.87. The summed E-state index contributed by atoms with van der Waals surface area (Å²) < 4.78 is 10.9. The minimum absolute atomic E-state index is 0.186. The first-order valence-corrected chi connectivity index (χ1v) is 4.14. The van der Waals surface area contributed by atoms with Gasteiger partial charge < -0.3 is 15.2 Å². The highest BCUT2D eigenvalue weighted by Crippen LogP contribution is 2.23. The third-order valence-corrected chi connectivity index (χ3v) is 1.92. The number of hydrogen-bond acceptors (Lipinski definition) is 3. The molecule has 0 amide bonds. The van der Waals surface area contributed by atoms with Gasteiger partial charge in [0.1, 0.15) is 5.60 Å². The maximum absolute atomic E-state index is 5.70. The molecule has 1 aliphatic rings. The van der Waals surface area contributed by atoms with E-state index in [1.165, 1.54) is 0 Å². The Morgan fingerprint density at radius 3 is 2.73 bits per heavy atom. The predicted octanol–water partition coefficient (Wildman–Crippen LogP) is 0.529. The van der Waals surface area contributed by atoms with Gasteiger partial charge in [-0.3, -0.25) is 0 Å². The zero-order valence-corrected chi connectivity index (χ0v) is 7.30. The molecule has 3 heteroatoms. The Bertz CT molecular complexity index is 119. The zero-order chi connectivity index (χ0) is 8.32. The molecule has 0 aromatic heterocycles. The molecule has 1 atom stereocenters. The molecule has 0 radical (unpaired) electrons. The number of ether oxygens (including phenoxy) is 2. The first kappa shape index (κ1) is 8.97. The third-order valence-electron chi connectivity index (χ3n) is 1.92. The molecule has 66 valence electrons.